The normalized spacial score (nSPS) is 17.0. The SMILES string of the molecule is CCCCC(N)(C(C)(CC)CC)C(CCC)(CNCCCCC(C)C)CC(C)C. The Morgan fingerprint density at radius 2 is 1.41 bits per heavy atom. The molecule has 2 unspecified atom stereocenters. The van der Waals surface area contributed by atoms with Crippen LogP contribution in [0.1, 0.15) is 133 Å². The van der Waals surface area contributed by atoms with Crippen LogP contribution in [0.4, 0.5) is 0 Å². The van der Waals surface area contributed by atoms with Gasteiger partial charge >= 0.3 is 0 Å². The van der Waals surface area contributed by atoms with E-state index in [4.69, 9.17) is 5.73 Å². The van der Waals surface area contributed by atoms with Crippen LogP contribution in [0.15, 0.2) is 0 Å². The van der Waals surface area contributed by atoms with Crippen molar-refractivity contribution in [3.05, 3.63) is 0 Å². The number of nitrogens with two attached hydrogens (primary N) is 1. The van der Waals surface area contributed by atoms with Crippen LogP contribution in [-0.4, -0.2) is 18.6 Å². The van der Waals surface area contributed by atoms with E-state index in [1.165, 1.54) is 64.2 Å². The Labute approximate surface area is 185 Å². The smallest absolute Gasteiger partial charge is 0.0277 e. The molecule has 0 aromatic heterocycles. The molecule has 2 heteroatoms. The predicted octanol–water partition coefficient (Wildman–Crippen LogP) is 7.95. The van der Waals surface area contributed by atoms with Crippen molar-refractivity contribution < 1.29 is 0 Å². The lowest BCUT2D eigenvalue weighted by atomic mass is 9.50. The largest absolute Gasteiger partial charge is 0.324 e. The molecule has 176 valence electrons. The van der Waals surface area contributed by atoms with Crippen LogP contribution >= 0.6 is 0 Å². The van der Waals surface area contributed by atoms with Gasteiger partial charge in [-0.1, -0.05) is 94.4 Å². The fourth-order valence-electron chi connectivity index (χ4n) is 5.76. The van der Waals surface area contributed by atoms with Gasteiger partial charge in [0.15, 0.2) is 0 Å². The van der Waals surface area contributed by atoms with Gasteiger partial charge in [0.2, 0.25) is 0 Å². The Morgan fingerprint density at radius 1 is 0.793 bits per heavy atom. The van der Waals surface area contributed by atoms with E-state index >= 15 is 0 Å². The third kappa shape index (κ3) is 8.17. The Morgan fingerprint density at radius 3 is 1.86 bits per heavy atom. The van der Waals surface area contributed by atoms with Crippen LogP contribution in [0.5, 0.6) is 0 Å². The summed E-state index contributed by atoms with van der Waals surface area (Å²) in [5.74, 6) is 1.49. The highest BCUT2D eigenvalue weighted by Crippen LogP contribution is 2.54. The molecular formula is C27H58N2. The molecule has 0 aliphatic heterocycles. The summed E-state index contributed by atoms with van der Waals surface area (Å²) in [6.45, 7) is 23.5. The minimum atomic E-state index is -0.120. The van der Waals surface area contributed by atoms with E-state index in [-0.39, 0.29) is 16.4 Å². The maximum atomic E-state index is 7.64. The van der Waals surface area contributed by atoms with Gasteiger partial charge in [0.25, 0.3) is 0 Å². The average molecular weight is 411 g/mol. The van der Waals surface area contributed by atoms with Crippen molar-refractivity contribution in [1.82, 2.24) is 5.32 Å². The second-order valence-corrected chi connectivity index (χ2v) is 11.0. The number of hydrogen-bond donors (Lipinski definition) is 2. The number of nitrogens with one attached hydrogen (secondary N) is 1. The lowest BCUT2D eigenvalue weighted by Gasteiger charge is -2.59. The van der Waals surface area contributed by atoms with E-state index in [2.05, 4.69) is 67.6 Å². The van der Waals surface area contributed by atoms with Gasteiger partial charge in [-0.3, -0.25) is 0 Å². The molecule has 3 N–H and O–H groups in total. The maximum absolute atomic E-state index is 7.64. The average Bonchev–Trinajstić information content (AvgIpc) is 2.67. The standard InChI is InChI=1S/C27H58N2/c1-10-14-19-27(28,25(9,12-3)13-4)26(18-11-2,21-24(7)8)22-29-20-16-15-17-23(5)6/h23-24,29H,10-22,28H2,1-9H3. The van der Waals surface area contributed by atoms with E-state index in [0.717, 1.165) is 25.4 Å². The molecule has 0 saturated carbocycles. The fourth-order valence-corrected chi connectivity index (χ4v) is 5.76. The lowest BCUT2D eigenvalue weighted by Crippen LogP contribution is -2.67. The van der Waals surface area contributed by atoms with E-state index in [1.807, 2.05) is 0 Å². The third-order valence-electron chi connectivity index (χ3n) is 7.88. The van der Waals surface area contributed by atoms with Crippen LogP contribution in [0.3, 0.4) is 0 Å². The zero-order chi connectivity index (χ0) is 22.6. The van der Waals surface area contributed by atoms with Crippen LogP contribution in [-0.2, 0) is 0 Å². The summed E-state index contributed by atoms with van der Waals surface area (Å²) < 4.78 is 0. The van der Waals surface area contributed by atoms with E-state index in [1.54, 1.807) is 0 Å². The predicted molar refractivity (Wildman–Crippen MR) is 133 cm³/mol. The van der Waals surface area contributed by atoms with Crippen molar-refractivity contribution in [1.29, 1.82) is 0 Å². The highest BCUT2D eigenvalue weighted by atomic mass is 14.9. The molecule has 0 spiro atoms. The first-order valence-electron chi connectivity index (χ1n) is 13.1. The number of rotatable bonds is 18. The van der Waals surface area contributed by atoms with E-state index < -0.39 is 0 Å². The van der Waals surface area contributed by atoms with Crippen LogP contribution in [0, 0.1) is 22.7 Å². The molecule has 0 heterocycles. The van der Waals surface area contributed by atoms with Gasteiger partial charge in [-0.05, 0) is 62.3 Å². The van der Waals surface area contributed by atoms with Crippen molar-refractivity contribution in [2.75, 3.05) is 13.1 Å². The summed E-state index contributed by atoms with van der Waals surface area (Å²) >= 11 is 0. The molecule has 0 radical (unpaired) electrons. The zero-order valence-corrected chi connectivity index (χ0v) is 21.9. The third-order valence-corrected chi connectivity index (χ3v) is 7.88. The summed E-state index contributed by atoms with van der Waals surface area (Å²) in [7, 11) is 0. The fraction of sp³-hybridized carbons (Fsp3) is 1.00. The van der Waals surface area contributed by atoms with Crippen molar-refractivity contribution >= 4 is 0 Å². The van der Waals surface area contributed by atoms with Crippen LogP contribution in [0.2, 0.25) is 0 Å². The Hall–Kier alpha value is -0.0800. The molecule has 0 amide bonds. The quantitative estimate of drug-likeness (QED) is 0.225. The molecule has 0 saturated heterocycles. The van der Waals surface area contributed by atoms with Gasteiger partial charge in [0.1, 0.15) is 0 Å². The van der Waals surface area contributed by atoms with Crippen molar-refractivity contribution in [3.8, 4) is 0 Å². The monoisotopic (exact) mass is 410 g/mol. The molecular weight excluding hydrogens is 352 g/mol. The van der Waals surface area contributed by atoms with E-state index in [0.29, 0.717) is 5.92 Å². The Bertz CT molecular complexity index is 399. The van der Waals surface area contributed by atoms with Gasteiger partial charge in [-0.2, -0.15) is 0 Å². The second-order valence-electron chi connectivity index (χ2n) is 11.0. The summed E-state index contributed by atoms with van der Waals surface area (Å²) in [5, 5.41) is 3.91. The van der Waals surface area contributed by atoms with Gasteiger partial charge in [-0.15, -0.1) is 0 Å². The molecule has 0 fully saturated rings. The van der Waals surface area contributed by atoms with Gasteiger partial charge < -0.3 is 11.1 Å². The first kappa shape index (κ1) is 28.9. The topological polar surface area (TPSA) is 38.0 Å². The lowest BCUT2D eigenvalue weighted by molar-refractivity contribution is -0.0360. The molecule has 0 aromatic carbocycles. The highest BCUT2D eigenvalue weighted by Gasteiger charge is 2.55. The van der Waals surface area contributed by atoms with E-state index in [9.17, 15) is 0 Å². The van der Waals surface area contributed by atoms with Gasteiger partial charge in [-0.25, -0.2) is 0 Å². The minimum absolute atomic E-state index is 0.120. The first-order valence-corrected chi connectivity index (χ1v) is 13.1. The van der Waals surface area contributed by atoms with Crippen LogP contribution in [0.25, 0.3) is 0 Å². The summed E-state index contributed by atoms with van der Waals surface area (Å²) in [5.41, 5.74) is 7.87. The first-order chi connectivity index (χ1) is 13.6. The maximum Gasteiger partial charge on any atom is 0.0277 e. The summed E-state index contributed by atoms with van der Waals surface area (Å²) in [6.07, 6.45) is 13.6. The summed E-state index contributed by atoms with van der Waals surface area (Å²) in [4.78, 5) is 0. The van der Waals surface area contributed by atoms with Crippen molar-refractivity contribution in [2.24, 2.45) is 28.4 Å². The molecule has 2 atom stereocenters. The molecule has 0 bridgehead atoms. The minimum Gasteiger partial charge on any atom is -0.324 e. The highest BCUT2D eigenvalue weighted by molar-refractivity contribution is 5.11. The van der Waals surface area contributed by atoms with Crippen molar-refractivity contribution in [3.63, 3.8) is 0 Å². The summed E-state index contributed by atoms with van der Waals surface area (Å²) in [6, 6.07) is 0. The molecule has 0 aromatic rings. The van der Waals surface area contributed by atoms with Crippen molar-refractivity contribution in [2.45, 2.75) is 138 Å². The molecule has 29 heavy (non-hydrogen) atoms. The molecule has 0 aliphatic carbocycles. The van der Waals surface area contributed by atoms with Gasteiger partial charge in [0, 0.05) is 17.5 Å². The zero-order valence-electron chi connectivity index (χ0n) is 21.9. The molecule has 2 nitrogen and oxygen atoms in total. The molecule has 0 aliphatic rings. The second kappa shape index (κ2) is 14.1. The van der Waals surface area contributed by atoms with Crippen LogP contribution < -0.4 is 11.1 Å². The Kier molecular flexibility index (Phi) is 14.0. The van der Waals surface area contributed by atoms with Gasteiger partial charge in [0.05, 0.1) is 0 Å². The Balaban J connectivity index is 5.78. The molecule has 0 rings (SSSR count). The number of unbranched alkanes of at least 4 members (excludes halogenated alkanes) is 2. The number of hydrogen-bond acceptors (Lipinski definition) is 2.